The van der Waals surface area contributed by atoms with E-state index in [1.807, 2.05) is 6.07 Å². The van der Waals surface area contributed by atoms with E-state index < -0.39 is 0 Å². The SMILES string of the molecule is COC1(C(N)c2ccc3c(c2)CCO3)CCOCC1. The molecule has 2 N–H and O–H groups in total. The number of hydrogen-bond donors (Lipinski definition) is 1. The van der Waals surface area contributed by atoms with Crippen molar-refractivity contribution in [2.75, 3.05) is 26.9 Å². The second-order valence-electron chi connectivity index (χ2n) is 5.32. The first kappa shape index (κ1) is 12.9. The van der Waals surface area contributed by atoms with Gasteiger partial charge in [-0.2, -0.15) is 0 Å². The Labute approximate surface area is 113 Å². The lowest BCUT2D eigenvalue weighted by molar-refractivity contribution is -0.105. The number of nitrogens with two attached hydrogens (primary N) is 1. The minimum absolute atomic E-state index is 0.118. The minimum atomic E-state index is -0.300. The Morgan fingerprint density at radius 1 is 1.26 bits per heavy atom. The highest BCUT2D eigenvalue weighted by Crippen LogP contribution is 2.37. The van der Waals surface area contributed by atoms with Gasteiger partial charge in [-0.3, -0.25) is 0 Å². The van der Waals surface area contributed by atoms with Crippen LogP contribution in [0.2, 0.25) is 0 Å². The van der Waals surface area contributed by atoms with Crippen LogP contribution in [0.25, 0.3) is 0 Å². The van der Waals surface area contributed by atoms with Gasteiger partial charge in [-0.25, -0.2) is 0 Å². The molecule has 2 aliphatic rings. The number of hydrogen-bond acceptors (Lipinski definition) is 4. The summed E-state index contributed by atoms with van der Waals surface area (Å²) in [5.41, 5.74) is 8.58. The van der Waals surface area contributed by atoms with Crippen molar-refractivity contribution in [2.24, 2.45) is 5.73 Å². The molecule has 0 spiro atoms. The average molecular weight is 263 g/mol. The maximum absolute atomic E-state index is 6.49. The topological polar surface area (TPSA) is 53.7 Å². The van der Waals surface area contributed by atoms with Crippen molar-refractivity contribution < 1.29 is 14.2 Å². The molecule has 1 atom stereocenters. The van der Waals surface area contributed by atoms with Crippen LogP contribution >= 0.6 is 0 Å². The Bertz CT molecular complexity index is 455. The van der Waals surface area contributed by atoms with Gasteiger partial charge in [-0.05, 0) is 17.2 Å². The van der Waals surface area contributed by atoms with Crippen LogP contribution in [0, 0.1) is 0 Å². The van der Waals surface area contributed by atoms with Crippen LogP contribution < -0.4 is 10.5 Å². The van der Waals surface area contributed by atoms with Crippen LogP contribution in [0.3, 0.4) is 0 Å². The molecule has 19 heavy (non-hydrogen) atoms. The van der Waals surface area contributed by atoms with Crippen molar-refractivity contribution >= 4 is 0 Å². The van der Waals surface area contributed by atoms with Gasteiger partial charge in [-0.1, -0.05) is 12.1 Å². The van der Waals surface area contributed by atoms with E-state index in [-0.39, 0.29) is 11.6 Å². The van der Waals surface area contributed by atoms with Crippen molar-refractivity contribution in [2.45, 2.75) is 30.9 Å². The summed E-state index contributed by atoms with van der Waals surface area (Å²) in [6.07, 6.45) is 2.66. The molecule has 1 aromatic rings. The fraction of sp³-hybridized carbons (Fsp3) is 0.600. The monoisotopic (exact) mass is 263 g/mol. The Kier molecular flexibility index (Phi) is 3.48. The zero-order chi connectivity index (χ0) is 13.3. The number of methoxy groups -OCH3 is 1. The zero-order valence-corrected chi connectivity index (χ0v) is 11.4. The molecule has 104 valence electrons. The van der Waals surface area contributed by atoms with E-state index in [0.29, 0.717) is 0 Å². The van der Waals surface area contributed by atoms with Crippen molar-refractivity contribution in [1.82, 2.24) is 0 Å². The summed E-state index contributed by atoms with van der Waals surface area (Å²) in [6.45, 7) is 2.21. The lowest BCUT2D eigenvalue weighted by atomic mass is 9.82. The van der Waals surface area contributed by atoms with Gasteiger partial charge in [-0.15, -0.1) is 0 Å². The van der Waals surface area contributed by atoms with Gasteiger partial charge in [0.2, 0.25) is 0 Å². The Morgan fingerprint density at radius 2 is 2.05 bits per heavy atom. The lowest BCUT2D eigenvalue weighted by Gasteiger charge is -2.40. The summed E-state index contributed by atoms with van der Waals surface area (Å²) in [5.74, 6) is 0.995. The molecule has 0 saturated carbocycles. The molecule has 0 radical (unpaired) electrons. The molecule has 1 unspecified atom stereocenters. The van der Waals surface area contributed by atoms with Gasteiger partial charge in [0, 0.05) is 39.6 Å². The molecule has 3 rings (SSSR count). The molecule has 1 saturated heterocycles. The quantitative estimate of drug-likeness (QED) is 0.903. The fourth-order valence-electron chi connectivity index (χ4n) is 3.06. The summed E-state index contributed by atoms with van der Waals surface area (Å²) >= 11 is 0. The van der Waals surface area contributed by atoms with Gasteiger partial charge in [0.1, 0.15) is 5.75 Å². The van der Waals surface area contributed by atoms with Crippen molar-refractivity contribution in [3.05, 3.63) is 29.3 Å². The van der Waals surface area contributed by atoms with E-state index in [1.165, 1.54) is 5.56 Å². The molecule has 0 amide bonds. The maximum Gasteiger partial charge on any atom is 0.122 e. The lowest BCUT2D eigenvalue weighted by Crippen LogP contribution is -2.47. The van der Waals surface area contributed by atoms with Gasteiger partial charge >= 0.3 is 0 Å². The molecule has 1 fully saturated rings. The van der Waals surface area contributed by atoms with E-state index >= 15 is 0 Å². The molecule has 1 aromatic carbocycles. The third-order valence-electron chi connectivity index (χ3n) is 4.39. The van der Waals surface area contributed by atoms with Gasteiger partial charge < -0.3 is 19.9 Å². The van der Waals surface area contributed by atoms with Crippen molar-refractivity contribution in [1.29, 1.82) is 0 Å². The maximum atomic E-state index is 6.49. The van der Waals surface area contributed by atoms with Crippen molar-refractivity contribution in [3.63, 3.8) is 0 Å². The van der Waals surface area contributed by atoms with Crippen LogP contribution in [0.1, 0.15) is 30.0 Å². The van der Waals surface area contributed by atoms with E-state index in [9.17, 15) is 0 Å². The normalized spacial score (nSPS) is 22.6. The first-order valence-corrected chi connectivity index (χ1v) is 6.89. The Balaban J connectivity index is 1.87. The number of rotatable bonds is 3. The van der Waals surface area contributed by atoms with Gasteiger partial charge in [0.15, 0.2) is 0 Å². The Hall–Kier alpha value is -1.10. The summed E-state index contributed by atoms with van der Waals surface area (Å²) in [6, 6.07) is 6.14. The third kappa shape index (κ3) is 2.24. The second-order valence-corrected chi connectivity index (χ2v) is 5.32. The smallest absolute Gasteiger partial charge is 0.122 e. The van der Waals surface area contributed by atoms with Crippen LogP contribution in [0.15, 0.2) is 18.2 Å². The third-order valence-corrected chi connectivity index (χ3v) is 4.39. The number of ether oxygens (including phenoxy) is 3. The highest BCUT2D eigenvalue weighted by atomic mass is 16.5. The number of fused-ring (bicyclic) bond motifs is 1. The second kappa shape index (κ2) is 5.12. The molecular weight excluding hydrogens is 242 g/mol. The summed E-state index contributed by atoms with van der Waals surface area (Å²) < 4.78 is 16.7. The molecule has 0 aromatic heterocycles. The zero-order valence-electron chi connectivity index (χ0n) is 11.4. The highest BCUT2D eigenvalue weighted by molar-refractivity contribution is 5.41. The minimum Gasteiger partial charge on any atom is -0.493 e. The van der Waals surface area contributed by atoms with Crippen LogP contribution in [-0.2, 0) is 15.9 Å². The molecule has 2 heterocycles. The Morgan fingerprint density at radius 3 is 2.79 bits per heavy atom. The average Bonchev–Trinajstić information content (AvgIpc) is 2.94. The summed E-state index contributed by atoms with van der Waals surface area (Å²) in [7, 11) is 1.75. The van der Waals surface area contributed by atoms with Crippen LogP contribution in [-0.4, -0.2) is 32.5 Å². The first-order chi connectivity index (χ1) is 9.25. The van der Waals surface area contributed by atoms with E-state index in [4.69, 9.17) is 19.9 Å². The van der Waals surface area contributed by atoms with Gasteiger partial charge in [0.05, 0.1) is 18.2 Å². The predicted octanol–water partition coefficient (Wildman–Crippen LogP) is 1.82. The standard InChI is InChI=1S/C15H21NO3/c1-17-15(5-8-18-9-6-15)14(16)12-2-3-13-11(10-12)4-7-19-13/h2-3,10,14H,4-9,16H2,1H3. The van der Waals surface area contributed by atoms with Crippen LogP contribution in [0.5, 0.6) is 5.75 Å². The predicted molar refractivity (Wildman–Crippen MR) is 72.4 cm³/mol. The molecule has 2 aliphatic heterocycles. The molecular formula is C15H21NO3. The van der Waals surface area contributed by atoms with E-state index in [1.54, 1.807) is 7.11 Å². The van der Waals surface area contributed by atoms with Crippen molar-refractivity contribution in [3.8, 4) is 5.75 Å². The van der Waals surface area contributed by atoms with E-state index in [0.717, 1.165) is 50.4 Å². The van der Waals surface area contributed by atoms with E-state index in [2.05, 4.69) is 12.1 Å². The summed E-state index contributed by atoms with van der Waals surface area (Å²) in [4.78, 5) is 0. The summed E-state index contributed by atoms with van der Waals surface area (Å²) in [5, 5.41) is 0. The fourth-order valence-corrected chi connectivity index (χ4v) is 3.06. The molecule has 0 aliphatic carbocycles. The van der Waals surface area contributed by atoms with Crippen LogP contribution in [0.4, 0.5) is 0 Å². The molecule has 0 bridgehead atoms. The molecule has 4 heteroatoms. The highest BCUT2D eigenvalue weighted by Gasteiger charge is 2.39. The largest absolute Gasteiger partial charge is 0.493 e. The number of benzene rings is 1. The molecule has 4 nitrogen and oxygen atoms in total. The van der Waals surface area contributed by atoms with Gasteiger partial charge in [0.25, 0.3) is 0 Å². The first-order valence-electron chi connectivity index (χ1n) is 6.89.